The molecule has 0 atom stereocenters. The fourth-order valence-corrected chi connectivity index (χ4v) is 3.45. The SMILES string of the molecule is C=CCc1ccc(Br)cc1-c1nc2ccccc2s1. The van der Waals surface area contributed by atoms with Gasteiger partial charge in [-0.2, -0.15) is 0 Å². The summed E-state index contributed by atoms with van der Waals surface area (Å²) in [7, 11) is 0. The van der Waals surface area contributed by atoms with Crippen LogP contribution in [0.25, 0.3) is 20.8 Å². The lowest BCUT2D eigenvalue weighted by atomic mass is 10.1. The number of halogens is 1. The van der Waals surface area contributed by atoms with Crippen LogP contribution in [0.4, 0.5) is 0 Å². The highest BCUT2D eigenvalue weighted by atomic mass is 79.9. The molecule has 0 unspecified atom stereocenters. The van der Waals surface area contributed by atoms with Crippen molar-refractivity contribution >= 4 is 37.5 Å². The number of hydrogen-bond acceptors (Lipinski definition) is 2. The van der Waals surface area contributed by atoms with Crippen molar-refractivity contribution in [3.8, 4) is 10.6 Å². The molecule has 1 nitrogen and oxygen atoms in total. The van der Waals surface area contributed by atoms with Gasteiger partial charge >= 0.3 is 0 Å². The van der Waals surface area contributed by atoms with Crippen LogP contribution < -0.4 is 0 Å². The summed E-state index contributed by atoms with van der Waals surface area (Å²) in [4.78, 5) is 4.73. The molecule has 0 radical (unpaired) electrons. The quantitative estimate of drug-likeness (QED) is 0.582. The average molecular weight is 330 g/mol. The Kier molecular flexibility index (Phi) is 3.49. The molecule has 19 heavy (non-hydrogen) atoms. The lowest BCUT2D eigenvalue weighted by molar-refractivity contribution is 1.27. The Balaban J connectivity index is 2.19. The molecule has 0 aliphatic heterocycles. The van der Waals surface area contributed by atoms with Crippen molar-refractivity contribution in [2.24, 2.45) is 0 Å². The van der Waals surface area contributed by atoms with Crippen LogP contribution in [0.5, 0.6) is 0 Å². The number of hydrogen-bond donors (Lipinski definition) is 0. The van der Waals surface area contributed by atoms with Gasteiger partial charge in [0.05, 0.1) is 10.2 Å². The maximum Gasteiger partial charge on any atom is 0.124 e. The zero-order chi connectivity index (χ0) is 13.2. The molecule has 0 bridgehead atoms. The number of para-hydroxylation sites is 1. The van der Waals surface area contributed by atoms with Gasteiger partial charge in [0.2, 0.25) is 0 Å². The van der Waals surface area contributed by atoms with E-state index < -0.39 is 0 Å². The van der Waals surface area contributed by atoms with Crippen LogP contribution >= 0.6 is 27.3 Å². The van der Waals surface area contributed by atoms with Crippen molar-refractivity contribution in [3.63, 3.8) is 0 Å². The fraction of sp³-hybridized carbons (Fsp3) is 0.0625. The number of fused-ring (bicyclic) bond motifs is 1. The molecule has 2 aromatic carbocycles. The molecule has 0 N–H and O–H groups in total. The Morgan fingerprint density at radius 1 is 1.21 bits per heavy atom. The molecule has 0 spiro atoms. The molecule has 3 rings (SSSR count). The summed E-state index contributed by atoms with van der Waals surface area (Å²) in [6.07, 6.45) is 2.79. The zero-order valence-electron chi connectivity index (χ0n) is 10.3. The lowest BCUT2D eigenvalue weighted by Gasteiger charge is -2.05. The summed E-state index contributed by atoms with van der Waals surface area (Å²) in [6.45, 7) is 3.83. The molecule has 3 aromatic rings. The van der Waals surface area contributed by atoms with Gasteiger partial charge in [-0.3, -0.25) is 0 Å². The maximum atomic E-state index is 4.73. The molecule has 0 amide bonds. The fourth-order valence-electron chi connectivity index (χ4n) is 2.07. The molecule has 0 fully saturated rings. The Morgan fingerprint density at radius 3 is 2.84 bits per heavy atom. The second-order valence-corrected chi connectivity index (χ2v) is 6.23. The molecule has 94 valence electrons. The van der Waals surface area contributed by atoms with Crippen molar-refractivity contribution in [1.29, 1.82) is 0 Å². The van der Waals surface area contributed by atoms with E-state index in [1.807, 2.05) is 12.1 Å². The van der Waals surface area contributed by atoms with Crippen molar-refractivity contribution < 1.29 is 0 Å². The van der Waals surface area contributed by atoms with Gasteiger partial charge < -0.3 is 0 Å². The van der Waals surface area contributed by atoms with E-state index in [9.17, 15) is 0 Å². The van der Waals surface area contributed by atoms with Gasteiger partial charge in [0.1, 0.15) is 5.01 Å². The molecule has 1 heterocycles. The minimum Gasteiger partial charge on any atom is -0.236 e. The van der Waals surface area contributed by atoms with E-state index in [1.54, 1.807) is 11.3 Å². The first-order chi connectivity index (χ1) is 9.28. The number of thiazole rings is 1. The summed E-state index contributed by atoms with van der Waals surface area (Å²) in [6, 6.07) is 14.6. The van der Waals surface area contributed by atoms with Gasteiger partial charge in [-0.25, -0.2) is 4.98 Å². The van der Waals surface area contributed by atoms with Gasteiger partial charge in [-0.15, -0.1) is 17.9 Å². The van der Waals surface area contributed by atoms with Crippen LogP contribution in [0.3, 0.4) is 0 Å². The van der Waals surface area contributed by atoms with Crippen LogP contribution in [-0.4, -0.2) is 4.98 Å². The smallest absolute Gasteiger partial charge is 0.124 e. The number of benzene rings is 2. The third-order valence-electron chi connectivity index (χ3n) is 2.96. The summed E-state index contributed by atoms with van der Waals surface area (Å²) in [5, 5.41) is 1.07. The summed E-state index contributed by atoms with van der Waals surface area (Å²) >= 11 is 5.27. The number of rotatable bonds is 3. The summed E-state index contributed by atoms with van der Waals surface area (Å²) in [5.41, 5.74) is 3.51. The molecule has 1 aromatic heterocycles. The predicted molar refractivity (Wildman–Crippen MR) is 86.7 cm³/mol. The van der Waals surface area contributed by atoms with Crippen molar-refractivity contribution in [2.45, 2.75) is 6.42 Å². The highest BCUT2D eigenvalue weighted by Crippen LogP contribution is 2.34. The first-order valence-corrected chi connectivity index (χ1v) is 7.64. The van der Waals surface area contributed by atoms with Gasteiger partial charge in [0.25, 0.3) is 0 Å². The largest absolute Gasteiger partial charge is 0.236 e. The third kappa shape index (κ3) is 2.48. The van der Waals surface area contributed by atoms with Gasteiger partial charge in [-0.1, -0.05) is 40.2 Å². The molecular formula is C16H12BrNS. The highest BCUT2D eigenvalue weighted by Gasteiger charge is 2.10. The number of allylic oxidation sites excluding steroid dienone is 1. The average Bonchev–Trinajstić information content (AvgIpc) is 2.84. The van der Waals surface area contributed by atoms with E-state index in [4.69, 9.17) is 4.98 Å². The second kappa shape index (κ2) is 5.27. The first-order valence-electron chi connectivity index (χ1n) is 6.03. The minimum absolute atomic E-state index is 0.860. The monoisotopic (exact) mass is 329 g/mol. The predicted octanol–water partition coefficient (Wildman–Crippen LogP) is 5.45. The lowest BCUT2D eigenvalue weighted by Crippen LogP contribution is -1.87. The molecular weight excluding hydrogens is 318 g/mol. The molecule has 0 saturated heterocycles. The van der Waals surface area contributed by atoms with Crippen LogP contribution in [-0.2, 0) is 6.42 Å². The zero-order valence-corrected chi connectivity index (χ0v) is 12.7. The summed E-state index contributed by atoms with van der Waals surface area (Å²) < 4.78 is 2.30. The Bertz CT molecular complexity index is 712. The van der Waals surface area contributed by atoms with Crippen molar-refractivity contribution in [2.75, 3.05) is 0 Å². The van der Waals surface area contributed by atoms with Crippen LogP contribution in [0.15, 0.2) is 59.6 Å². The van der Waals surface area contributed by atoms with E-state index in [-0.39, 0.29) is 0 Å². The maximum absolute atomic E-state index is 4.73. The second-order valence-electron chi connectivity index (χ2n) is 4.28. The van der Waals surface area contributed by atoms with Gasteiger partial charge in [0, 0.05) is 10.0 Å². The molecule has 0 aliphatic rings. The van der Waals surface area contributed by atoms with E-state index in [2.05, 4.69) is 58.9 Å². The van der Waals surface area contributed by atoms with Crippen LogP contribution in [0.2, 0.25) is 0 Å². The molecule has 0 saturated carbocycles. The topological polar surface area (TPSA) is 12.9 Å². The van der Waals surface area contributed by atoms with E-state index in [0.717, 1.165) is 21.4 Å². The molecule has 3 heteroatoms. The van der Waals surface area contributed by atoms with Crippen LogP contribution in [0, 0.1) is 0 Å². The normalized spacial score (nSPS) is 10.8. The van der Waals surface area contributed by atoms with E-state index in [1.165, 1.54) is 15.8 Å². The minimum atomic E-state index is 0.860. The Hall–Kier alpha value is -1.45. The molecule has 0 aliphatic carbocycles. The van der Waals surface area contributed by atoms with Crippen molar-refractivity contribution in [1.82, 2.24) is 4.98 Å². The third-order valence-corrected chi connectivity index (χ3v) is 4.52. The standard InChI is InChI=1S/C16H12BrNS/c1-2-5-11-8-9-12(17)10-13(11)16-18-14-6-3-4-7-15(14)19-16/h2-4,6-10H,1,5H2. The van der Waals surface area contributed by atoms with Gasteiger partial charge in [0.15, 0.2) is 0 Å². The number of aromatic nitrogens is 1. The van der Waals surface area contributed by atoms with Crippen LogP contribution in [0.1, 0.15) is 5.56 Å². The Morgan fingerprint density at radius 2 is 2.05 bits per heavy atom. The first kappa shape index (κ1) is 12.6. The summed E-state index contributed by atoms with van der Waals surface area (Å²) in [5.74, 6) is 0. The highest BCUT2D eigenvalue weighted by molar-refractivity contribution is 9.10. The number of nitrogens with zero attached hydrogens (tertiary/aromatic N) is 1. The van der Waals surface area contributed by atoms with Gasteiger partial charge in [-0.05, 0) is 36.2 Å². The van der Waals surface area contributed by atoms with E-state index in [0.29, 0.717) is 0 Å². The Labute approximate surface area is 124 Å². The van der Waals surface area contributed by atoms with E-state index >= 15 is 0 Å². The van der Waals surface area contributed by atoms with Crippen molar-refractivity contribution in [3.05, 3.63) is 65.2 Å².